The zero-order valence-corrected chi connectivity index (χ0v) is 10.9. The highest BCUT2D eigenvalue weighted by Gasteiger charge is 2.17. The van der Waals surface area contributed by atoms with Crippen molar-refractivity contribution in [1.82, 2.24) is 4.90 Å². The van der Waals surface area contributed by atoms with Crippen LogP contribution in [0, 0.1) is 5.92 Å². The summed E-state index contributed by atoms with van der Waals surface area (Å²) in [5.74, 6) is 0.585. The Bertz CT molecular complexity index is 309. The first-order valence-corrected chi connectivity index (χ1v) is 6.34. The molecule has 1 aromatic rings. The van der Waals surface area contributed by atoms with Gasteiger partial charge in [0, 0.05) is 20.2 Å². The minimum atomic E-state index is 0.112. The van der Waals surface area contributed by atoms with Gasteiger partial charge in [0.25, 0.3) is 5.91 Å². The van der Waals surface area contributed by atoms with Crippen LogP contribution in [0.2, 0.25) is 0 Å². The number of rotatable bonds is 6. The van der Waals surface area contributed by atoms with Crippen LogP contribution in [0.4, 0.5) is 0 Å². The van der Waals surface area contributed by atoms with E-state index >= 15 is 0 Å². The molecule has 0 aliphatic heterocycles. The molecule has 0 spiro atoms. The summed E-state index contributed by atoms with van der Waals surface area (Å²) in [4.78, 5) is 14.8. The summed E-state index contributed by atoms with van der Waals surface area (Å²) < 4.78 is 5.03. The first-order valence-electron chi connectivity index (χ1n) is 5.47. The molecule has 3 nitrogen and oxygen atoms in total. The maximum Gasteiger partial charge on any atom is 0.264 e. The van der Waals surface area contributed by atoms with Crippen molar-refractivity contribution < 1.29 is 9.53 Å². The molecule has 4 heteroatoms. The van der Waals surface area contributed by atoms with Crippen LogP contribution in [0.1, 0.15) is 23.5 Å². The third-order valence-electron chi connectivity index (χ3n) is 2.17. The fourth-order valence-corrected chi connectivity index (χ4v) is 2.16. The van der Waals surface area contributed by atoms with E-state index in [0.717, 1.165) is 11.4 Å². The summed E-state index contributed by atoms with van der Waals surface area (Å²) in [5, 5.41) is 1.93. The van der Waals surface area contributed by atoms with Crippen LogP contribution in [0.3, 0.4) is 0 Å². The summed E-state index contributed by atoms with van der Waals surface area (Å²) in [5.41, 5.74) is 0. The molecular formula is C12H19NO2S. The number of carbonyl (C=O) groups is 1. The van der Waals surface area contributed by atoms with Crippen molar-refractivity contribution in [2.75, 3.05) is 26.8 Å². The molecule has 1 aromatic heterocycles. The fourth-order valence-electron chi connectivity index (χ4n) is 1.47. The maximum absolute atomic E-state index is 12.1. The molecule has 0 N–H and O–H groups in total. The molecule has 0 fully saturated rings. The van der Waals surface area contributed by atoms with Crippen LogP contribution in [0.5, 0.6) is 0 Å². The van der Waals surface area contributed by atoms with Crippen LogP contribution in [0.15, 0.2) is 17.5 Å². The van der Waals surface area contributed by atoms with Crippen LogP contribution >= 0.6 is 11.3 Å². The average Bonchev–Trinajstić information content (AvgIpc) is 2.76. The lowest BCUT2D eigenvalue weighted by molar-refractivity contribution is 0.0677. The Labute approximate surface area is 101 Å². The van der Waals surface area contributed by atoms with E-state index in [1.165, 1.54) is 11.3 Å². The molecule has 0 saturated carbocycles. The average molecular weight is 241 g/mol. The summed E-state index contributed by atoms with van der Waals surface area (Å²) in [6.45, 7) is 6.25. The standard InChI is InChI=1S/C12H19NO2S/c1-10(2)9-13(6-7-15-3)12(14)11-5-4-8-16-11/h4-5,8,10H,6-7,9H2,1-3H3. The zero-order chi connectivity index (χ0) is 12.0. The predicted molar refractivity (Wildman–Crippen MR) is 66.9 cm³/mol. The van der Waals surface area contributed by atoms with Crippen molar-refractivity contribution in [2.45, 2.75) is 13.8 Å². The van der Waals surface area contributed by atoms with Gasteiger partial charge in [-0.1, -0.05) is 19.9 Å². The second-order valence-corrected chi connectivity index (χ2v) is 5.06. The van der Waals surface area contributed by atoms with Gasteiger partial charge < -0.3 is 9.64 Å². The van der Waals surface area contributed by atoms with E-state index in [-0.39, 0.29) is 5.91 Å². The van der Waals surface area contributed by atoms with Crippen molar-refractivity contribution in [1.29, 1.82) is 0 Å². The molecule has 90 valence electrons. The maximum atomic E-state index is 12.1. The quantitative estimate of drug-likeness (QED) is 0.766. The molecule has 1 heterocycles. The van der Waals surface area contributed by atoms with Gasteiger partial charge in [0.1, 0.15) is 0 Å². The Morgan fingerprint density at radius 2 is 2.31 bits per heavy atom. The molecule has 16 heavy (non-hydrogen) atoms. The third-order valence-corrected chi connectivity index (χ3v) is 3.03. The lowest BCUT2D eigenvalue weighted by Crippen LogP contribution is -2.36. The smallest absolute Gasteiger partial charge is 0.264 e. The Morgan fingerprint density at radius 1 is 1.56 bits per heavy atom. The summed E-state index contributed by atoms with van der Waals surface area (Å²) in [6.07, 6.45) is 0. The molecule has 0 aromatic carbocycles. The van der Waals surface area contributed by atoms with Crippen molar-refractivity contribution in [3.05, 3.63) is 22.4 Å². The van der Waals surface area contributed by atoms with E-state index < -0.39 is 0 Å². The number of carbonyl (C=O) groups excluding carboxylic acids is 1. The summed E-state index contributed by atoms with van der Waals surface area (Å²) in [6, 6.07) is 3.77. The van der Waals surface area contributed by atoms with Crippen LogP contribution < -0.4 is 0 Å². The minimum Gasteiger partial charge on any atom is -0.383 e. The number of hydrogen-bond donors (Lipinski definition) is 0. The topological polar surface area (TPSA) is 29.5 Å². The Morgan fingerprint density at radius 3 is 2.81 bits per heavy atom. The van der Waals surface area contributed by atoms with Gasteiger partial charge >= 0.3 is 0 Å². The van der Waals surface area contributed by atoms with E-state index in [0.29, 0.717) is 19.1 Å². The molecule has 0 atom stereocenters. The SMILES string of the molecule is COCCN(CC(C)C)C(=O)c1cccs1. The Balaban J connectivity index is 2.64. The van der Waals surface area contributed by atoms with Gasteiger partial charge in [0.2, 0.25) is 0 Å². The van der Waals surface area contributed by atoms with Crippen molar-refractivity contribution in [2.24, 2.45) is 5.92 Å². The lowest BCUT2D eigenvalue weighted by atomic mass is 10.2. The number of ether oxygens (including phenoxy) is 1. The monoisotopic (exact) mass is 241 g/mol. The fraction of sp³-hybridized carbons (Fsp3) is 0.583. The molecule has 0 aliphatic rings. The molecule has 0 saturated heterocycles. The molecule has 1 rings (SSSR count). The normalized spacial score (nSPS) is 10.8. The second-order valence-electron chi connectivity index (χ2n) is 4.12. The highest BCUT2D eigenvalue weighted by Crippen LogP contribution is 2.13. The van der Waals surface area contributed by atoms with E-state index in [1.807, 2.05) is 22.4 Å². The number of amides is 1. The summed E-state index contributed by atoms with van der Waals surface area (Å²) >= 11 is 1.49. The first kappa shape index (κ1) is 13.2. The van der Waals surface area contributed by atoms with Crippen molar-refractivity contribution >= 4 is 17.2 Å². The van der Waals surface area contributed by atoms with Crippen LogP contribution in [-0.4, -0.2) is 37.6 Å². The van der Waals surface area contributed by atoms with Gasteiger partial charge in [-0.15, -0.1) is 11.3 Å². The van der Waals surface area contributed by atoms with E-state index in [1.54, 1.807) is 7.11 Å². The van der Waals surface area contributed by atoms with Gasteiger partial charge in [-0.3, -0.25) is 4.79 Å². The van der Waals surface area contributed by atoms with E-state index in [2.05, 4.69) is 13.8 Å². The number of thiophene rings is 1. The molecule has 0 aliphatic carbocycles. The zero-order valence-electron chi connectivity index (χ0n) is 10.1. The number of hydrogen-bond acceptors (Lipinski definition) is 3. The van der Waals surface area contributed by atoms with E-state index in [4.69, 9.17) is 4.74 Å². The first-order chi connectivity index (χ1) is 7.65. The van der Waals surface area contributed by atoms with Crippen molar-refractivity contribution in [3.8, 4) is 0 Å². The minimum absolute atomic E-state index is 0.112. The molecule has 1 amide bonds. The van der Waals surface area contributed by atoms with E-state index in [9.17, 15) is 4.79 Å². The van der Waals surface area contributed by atoms with Crippen LogP contribution in [0.25, 0.3) is 0 Å². The third kappa shape index (κ3) is 3.94. The molecular weight excluding hydrogens is 222 g/mol. The van der Waals surface area contributed by atoms with Gasteiger partial charge in [-0.2, -0.15) is 0 Å². The highest BCUT2D eigenvalue weighted by molar-refractivity contribution is 7.12. The molecule has 0 radical (unpaired) electrons. The van der Waals surface area contributed by atoms with Crippen LogP contribution in [-0.2, 0) is 4.74 Å². The van der Waals surface area contributed by atoms with Gasteiger partial charge in [-0.25, -0.2) is 0 Å². The lowest BCUT2D eigenvalue weighted by Gasteiger charge is -2.23. The Kier molecular flexibility index (Phi) is 5.49. The van der Waals surface area contributed by atoms with Gasteiger partial charge in [0.15, 0.2) is 0 Å². The molecule has 0 unspecified atom stereocenters. The number of nitrogens with zero attached hydrogens (tertiary/aromatic N) is 1. The predicted octanol–water partition coefficient (Wildman–Crippen LogP) is 2.49. The Hall–Kier alpha value is -0.870. The summed E-state index contributed by atoms with van der Waals surface area (Å²) in [7, 11) is 1.66. The van der Waals surface area contributed by atoms with Crippen molar-refractivity contribution in [3.63, 3.8) is 0 Å². The highest BCUT2D eigenvalue weighted by atomic mass is 32.1. The second kappa shape index (κ2) is 6.66. The number of methoxy groups -OCH3 is 1. The van der Waals surface area contributed by atoms with Gasteiger partial charge in [-0.05, 0) is 17.4 Å². The largest absolute Gasteiger partial charge is 0.383 e. The molecule has 0 bridgehead atoms. The van der Waals surface area contributed by atoms with Gasteiger partial charge in [0.05, 0.1) is 11.5 Å².